The second kappa shape index (κ2) is 10.7. The Morgan fingerprint density at radius 1 is 1.13 bits per heavy atom. The lowest BCUT2D eigenvalue weighted by Gasteiger charge is -2.36. The Bertz CT molecular complexity index is 863. The third kappa shape index (κ3) is 7.28. The van der Waals surface area contributed by atoms with Crippen LogP contribution in [0.25, 0.3) is 0 Å². The van der Waals surface area contributed by atoms with Crippen LogP contribution in [0.4, 0.5) is 26.5 Å². The van der Waals surface area contributed by atoms with Crippen molar-refractivity contribution in [3.63, 3.8) is 0 Å². The lowest BCUT2D eigenvalue weighted by molar-refractivity contribution is -0.342. The highest BCUT2D eigenvalue weighted by atomic mass is 35.5. The number of carbonyl (C=O) groups excluding carboxylic acids is 1. The number of nitrogens with two attached hydrogens (primary N) is 1. The van der Waals surface area contributed by atoms with Crippen LogP contribution in [0.15, 0.2) is 36.4 Å². The van der Waals surface area contributed by atoms with Crippen LogP contribution in [0.2, 0.25) is 0 Å². The second-order valence-corrected chi connectivity index (χ2v) is 9.05. The Hall–Kier alpha value is -2.54. The van der Waals surface area contributed by atoms with Gasteiger partial charge >= 0.3 is 6.09 Å². The van der Waals surface area contributed by atoms with E-state index in [4.69, 9.17) is 10.5 Å². The Balaban J connectivity index is 0.00000341. The largest absolute Gasteiger partial charge is 1.00 e. The molecule has 1 saturated carbocycles. The van der Waals surface area contributed by atoms with E-state index in [1.54, 1.807) is 24.3 Å². The minimum atomic E-state index is -0.485. The first kappa shape index (κ1) is 24.7. The van der Waals surface area contributed by atoms with Crippen molar-refractivity contribution in [1.29, 1.82) is 0 Å². The molecule has 1 amide bonds. The van der Waals surface area contributed by atoms with Crippen molar-refractivity contribution < 1.29 is 31.3 Å². The van der Waals surface area contributed by atoms with Crippen LogP contribution in [0.3, 0.4) is 0 Å². The first-order chi connectivity index (χ1) is 14.2. The van der Waals surface area contributed by atoms with Crippen LogP contribution >= 0.6 is 0 Å². The van der Waals surface area contributed by atoms with Gasteiger partial charge in [0, 0.05) is 6.07 Å². The fraction of sp³-hybridized carbons (Fsp3) is 0.478. The smallest absolute Gasteiger partial charge is 0.412 e. The van der Waals surface area contributed by atoms with Gasteiger partial charge in [0.05, 0.1) is 6.54 Å². The van der Waals surface area contributed by atoms with Crippen molar-refractivity contribution in [3.8, 4) is 0 Å². The summed E-state index contributed by atoms with van der Waals surface area (Å²) in [6.45, 7) is 7.32. The number of aromatic amines is 1. The Morgan fingerprint density at radius 3 is 2.35 bits per heavy atom. The summed E-state index contributed by atoms with van der Waals surface area (Å²) in [6.07, 6.45) is 3.40. The van der Waals surface area contributed by atoms with E-state index in [0.717, 1.165) is 31.2 Å². The third-order valence-electron chi connectivity index (χ3n) is 5.78. The van der Waals surface area contributed by atoms with Gasteiger partial charge in [0.15, 0.2) is 0 Å². The fourth-order valence-electron chi connectivity index (χ4n) is 3.86. The number of aromatic nitrogens is 1. The molecule has 31 heavy (non-hydrogen) atoms. The third-order valence-corrected chi connectivity index (χ3v) is 5.78. The molecule has 0 saturated heterocycles. The van der Waals surface area contributed by atoms with E-state index in [1.807, 2.05) is 0 Å². The molecule has 3 rings (SSSR count). The van der Waals surface area contributed by atoms with Crippen molar-refractivity contribution in [2.75, 3.05) is 16.4 Å². The zero-order valence-electron chi connectivity index (χ0n) is 18.3. The number of anilines is 3. The standard InChI is InChI=1S/C23H31FN4O2.ClH/c1-23(2,3)16-6-10-18(11-7-16)30-22(29)27-19-12-13-20(28-21(19)25)26-14-15-4-8-17(24)9-5-15;/h4-5,8-9,12-13,16,18H,6-7,10-11,14H2,1-3H3,(H,27,29)(H3,25,26,28);1H. The number of H-pyrrole nitrogens is 1. The highest BCUT2D eigenvalue weighted by Crippen LogP contribution is 2.38. The van der Waals surface area contributed by atoms with E-state index in [9.17, 15) is 9.18 Å². The number of rotatable bonds is 5. The zero-order valence-corrected chi connectivity index (χ0v) is 19.1. The van der Waals surface area contributed by atoms with E-state index in [2.05, 4.69) is 36.4 Å². The summed E-state index contributed by atoms with van der Waals surface area (Å²) in [4.78, 5) is 15.3. The number of amides is 1. The van der Waals surface area contributed by atoms with Crippen LogP contribution in [-0.4, -0.2) is 12.2 Å². The monoisotopic (exact) mass is 450 g/mol. The number of hydrogen-bond acceptors (Lipinski definition) is 4. The number of ether oxygens (including phenoxy) is 1. The van der Waals surface area contributed by atoms with Gasteiger partial charge in [-0.1, -0.05) is 32.9 Å². The van der Waals surface area contributed by atoms with Crippen LogP contribution < -0.4 is 33.8 Å². The molecule has 2 aromatic rings. The van der Waals surface area contributed by atoms with Gasteiger partial charge < -0.3 is 28.2 Å². The molecule has 0 bridgehead atoms. The first-order valence-electron chi connectivity index (χ1n) is 10.5. The van der Waals surface area contributed by atoms with E-state index in [-0.39, 0.29) is 24.3 Å². The molecular weight excluding hydrogens is 419 g/mol. The molecule has 5 N–H and O–H groups in total. The number of carbonyl (C=O) groups is 1. The molecular formula is C23H32ClFN4O2. The van der Waals surface area contributed by atoms with Gasteiger partial charge in [-0.3, -0.25) is 5.32 Å². The fourth-order valence-corrected chi connectivity index (χ4v) is 3.86. The number of nitrogen functional groups attached to an aromatic ring is 1. The highest BCUT2D eigenvalue weighted by molar-refractivity contribution is 5.87. The maximum absolute atomic E-state index is 13.0. The van der Waals surface area contributed by atoms with Crippen molar-refractivity contribution in [2.45, 2.75) is 59.1 Å². The van der Waals surface area contributed by atoms with Gasteiger partial charge in [0.2, 0.25) is 11.6 Å². The molecule has 1 aromatic heterocycles. The Morgan fingerprint density at radius 2 is 1.77 bits per heavy atom. The Kier molecular flexibility index (Phi) is 8.51. The van der Waals surface area contributed by atoms with Gasteiger partial charge in [-0.15, -0.1) is 0 Å². The minimum Gasteiger partial charge on any atom is -1.00 e. The van der Waals surface area contributed by atoms with Gasteiger partial charge in [-0.2, -0.15) is 0 Å². The van der Waals surface area contributed by atoms with E-state index in [1.165, 1.54) is 12.1 Å². The van der Waals surface area contributed by atoms with Crippen LogP contribution in [0.1, 0.15) is 52.0 Å². The summed E-state index contributed by atoms with van der Waals surface area (Å²) >= 11 is 0. The SMILES string of the molecule is CC(C)(C)C1CCC(OC(=O)Nc2ccc(NCc3ccc(F)cc3)[nH+]c2N)CC1.[Cl-]. The quantitative estimate of drug-likeness (QED) is 0.649. The Labute approximate surface area is 189 Å². The lowest BCUT2D eigenvalue weighted by Crippen LogP contribution is -3.00. The number of halogens is 2. The summed E-state index contributed by atoms with van der Waals surface area (Å²) in [5, 5.41) is 5.90. The van der Waals surface area contributed by atoms with E-state index >= 15 is 0 Å². The zero-order chi connectivity index (χ0) is 21.7. The summed E-state index contributed by atoms with van der Waals surface area (Å²) in [5.41, 5.74) is 7.75. The van der Waals surface area contributed by atoms with Gasteiger partial charge in [-0.05, 0) is 60.8 Å². The molecule has 0 atom stereocenters. The summed E-state index contributed by atoms with van der Waals surface area (Å²) in [5.74, 6) is 1.42. The van der Waals surface area contributed by atoms with Crippen molar-refractivity contribution >= 4 is 23.4 Å². The van der Waals surface area contributed by atoms with Gasteiger partial charge in [0.25, 0.3) is 0 Å². The van der Waals surface area contributed by atoms with Gasteiger partial charge in [-0.25, -0.2) is 14.2 Å². The minimum absolute atomic E-state index is 0. The van der Waals surface area contributed by atoms with Crippen molar-refractivity contribution in [2.24, 2.45) is 11.3 Å². The lowest BCUT2D eigenvalue weighted by atomic mass is 9.72. The summed E-state index contributed by atoms with van der Waals surface area (Å²) in [6, 6.07) is 9.77. The molecule has 1 aliphatic carbocycles. The molecule has 0 unspecified atom stereocenters. The normalized spacial score (nSPS) is 18.6. The number of benzene rings is 1. The number of nitrogens with one attached hydrogen (secondary N) is 3. The summed E-state index contributed by atoms with van der Waals surface area (Å²) in [7, 11) is 0. The van der Waals surface area contributed by atoms with Crippen LogP contribution in [-0.2, 0) is 11.3 Å². The first-order valence-corrected chi connectivity index (χ1v) is 10.5. The van der Waals surface area contributed by atoms with E-state index < -0.39 is 6.09 Å². The predicted molar refractivity (Wildman–Crippen MR) is 116 cm³/mol. The average molecular weight is 451 g/mol. The van der Waals surface area contributed by atoms with Crippen LogP contribution in [0.5, 0.6) is 0 Å². The highest BCUT2D eigenvalue weighted by Gasteiger charge is 2.31. The molecule has 0 aliphatic heterocycles. The molecule has 0 radical (unpaired) electrons. The number of pyridine rings is 1. The molecule has 1 heterocycles. The topological polar surface area (TPSA) is 90.5 Å². The number of hydrogen-bond donors (Lipinski definition) is 3. The van der Waals surface area contributed by atoms with Crippen LogP contribution in [0, 0.1) is 17.2 Å². The average Bonchev–Trinajstić information content (AvgIpc) is 2.69. The van der Waals surface area contributed by atoms with Crippen molar-refractivity contribution in [1.82, 2.24) is 0 Å². The molecule has 1 fully saturated rings. The molecule has 170 valence electrons. The molecule has 8 heteroatoms. The maximum Gasteiger partial charge on any atom is 0.412 e. The molecule has 0 spiro atoms. The maximum atomic E-state index is 13.0. The van der Waals surface area contributed by atoms with Gasteiger partial charge in [0.1, 0.15) is 17.6 Å². The molecule has 6 nitrogen and oxygen atoms in total. The molecule has 1 aliphatic rings. The predicted octanol–water partition coefficient (Wildman–Crippen LogP) is 1.99. The molecule has 1 aromatic carbocycles. The summed E-state index contributed by atoms with van der Waals surface area (Å²) < 4.78 is 18.6. The second-order valence-electron chi connectivity index (χ2n) is 9.05. The van der Waals surface area contributed by atoms with E-state index in [0.29, 0.717) is 35.2 Å². The van der Waals surface area contributed by atoms with Crippen molar-refractivity contribution in [3.05, 3.63) is 47.8 Å².